The summed E-state index contributed by atoms with van der Waals surface area (Å²) in [6.07, 6.45) is 1.67. The number of esters is 1. The number of methoxy groups -OCH3 is 1. The highest BCUT2D eigenvalue weighted by Gasteiger charge is 2.30. The lowest BCUT2D eigenvalue weighted by atomic mass is 10.1. The Kier molecular flexibility index (Phi) is 6.30. The Hall–Kier alpha value is -3.01. The first kappa shape index (κ1) is 22.7. The minimum atomic E-state index is -3.93. The molecule has 1 aliphatic rings. The van der Waals surface area contributed by atoms with Crippen LogP contribution in [0.5, 0.6) is 5.75 Å². The van der Waals surface area contributed by atoms with Crippen molar-refractivity contribution in [2.45, 2.75) is 49.3 Å². The molecule has 0 atom stereocenters. The molecule has 0 saturated carbocycles. The van der Waals surface area contributed by atoms with Gasteiger partial charge in [-0.05, 0) is 45.0 Å². The van der Waals surface area contributed by atoms with Crippen molar-refractivity contribution in [2.24, 2.45) is 0 Å². The van der Waals surface area contributed by atoms with Gasteiger partial charge in [0, 0.05) is 25.7 Å². The number of nitrogens with zero attached hydrogens (tertiary/aromatic N) is 3. The topological polar surface area (TPSA) is 116 Å². The van der Waals surface area contributed by atoms with Crippen LogP contribution in [0.2, 0.25) is 0 Å². The molecule has 0 N–H and O–H groups in total. The van der Waals surface area contributed by atoms with Crippen LogP contribution in [0.25, 0.3) is 0 Å². The predicted octanol–water partition coefficient (Wildman–Crippen LogP) is 2.05. The Bertz CT molecular complexity index is 1090. The van der Waals surface area contributed by atoms with Crippen LogP contribution in [0.3, 0.4) is 0 Å². The third-order valence-electron chi connectivity index (χ3n) is 4.60. The number of carbonyl (C=O) groups excluding carboxylic acids is 2. The lowest BCUT2D eigenvalue weighted by Gasteiger charge is -2.28. The Morgan fingerprint density at radius 2 is 1.87 bits per heavy atom. The molecule has 2 aromatic rings. The fraction of sp³-hybridized carbons (Fsp3) is 0.429. The van der Waals surface area contributed by atoms with Gasteiger partial charge in [-0.1, -0.05) is 0 Å². The molecule has 1 amide bonds. The number of aromatic nitrogens is 2. The fourth-order valence-corrected chi connectivity index (χ4v) is 4.23. The SMILES string of the molecule is COc1ccc(S(=O)(=O)c2ncc3c(n2)CCN(CCC(=O)OC(C)(C)C)C3=O)cc1. The summed E-state index contributed by atoms with van der Waals surface area (Å²) in [7, 11) is -2.44. The molecule has 0 unspecified atom stereocenters. The van der Waals surface area contributed by atoms with E-state index in [-0.39, 0.29) is 40.5 Å². The average Bonchev–Trinajstić information content (AvgIpc) is 2.72. The molecule has 1 aliphatic heterocycles. The second-order valence-corrected chi connectivity index (χ2v) is 9.91. The van der Waals surface area contributed by atoms with Crippen LogP contribution < -0.4 is 4.74 Å². The van der Waals surface area contributed by atoms with Gasteiger partial charge in [0.1, 0.15) is 11.4 Å². The third-order valence-corrected chi connectivity index (χ3v) is 6.17. The highest BCUT2D eigenvalue weighted by Crippen LogP contribution is 2.23. The highest BCUT2D eigenvalue weighted by atomic mass is 32.2. The van der Waals surface area contributed by atoms with Crippen molar-refractivity contribution in [3.63, 3.8) is 0 Å². The highest BCUT2D eigenvalue weighted by molar-refractivity contribution is 7.91. The Labute approximate surface area is 181 Å². The van der Waals surface area contributed by atoms with Gasteiger partial charge < -0.3 is 14.4 Å². The van der Waals surface area contributed by atoms with E-state index in [4.69, 9.17) is 9.47 Å². The molecule has 0 bridgehead atoms. The first-order chi connectivity index (χ1) is 14.5. The van der Waals surface area contributed by atoms with E-state index in [2.05, 4.69) is 9.97 Å². The maximum atomic E-state index is 12.8. The smallest absolute Gasteiger partial charge is 0.308 e. The molecular weight excluding hydrogens is 422 g/mol. The quantitative estimate of drug-likeness (QED) is 0.488. The van der Waals surface area contributed by atoms with E-state index in [9.17, 15) is 18.0 Å². The monoisotopic (exact) mass is 447 g/mol. The van der Waals surface area contributed by atoms with Gasteiger partial charge in [-0.3, -0.25) is 9.59 Å². The molecule has 1 aromatic heterocycles. The number of hydrogen-bond donors (Lipinski definition) is 0. The summed E-state index contributed by atoms with van der Waals surface area (Å²) < 4.78 is 36.0. The van der Waals surface area contributed by atoms with Crippen molar-refractivity contribution < 1.29 is 27.5 Å². The number of carbonyl (C=O) groups is 2. The van der Waals surface area contributed by atoms with Gasteiger partial charge in [0.15, 0.2) is 0 Å². The number of amides is 1. The molecule has 0 spiro atoms. The number of hydrogen-bond acceptors (Lipinski definition) is 8. The molecular formula is C21H25N3O6S. The summed E-state index contributed by atoms with van der Waals surface area (Å²) in [4.78, 5) is 34.3. The van der Waals surface area contributed by atoms with E-state index in [0.29, 0.717) is 24.4 Å². The minimum Gasteiger partial charge on any atom is -0.497 e. The van der Waals surface area contributed by atoms with Gasteiger partial charge in [0.2, 0.25) is 9.84 Å². The fourth-order valence-electron chi connectivity index (χ4n) is 3.10. The number of fused-ring (bicyclic) bond motifs is 1. The van der Waals surface area contributed by atoms with E-state index in [1.54, 1.807) is 20.8 Å². The van der Waals surface area contributed by atoms with Crippen LogP contribution in [0.4, 0.5) is 0 Å². The first-order valence-corrected chi connectivity index (χ1v) is 11.3. The van der Waals surface area contributed by atoms with Crippen molar-refractivity contribution in [2.75, 3.05) is 20.2 Å². The molecule has 0 aliphatic carbocycles. The summed E-state index contributed by atoms with van der Waals surface area (Å²) in [5.74, 6) is -0.191. The maximum Gasteiger partial charge on any atom is 0.308 e. The minimum absolute atomic E-state index is 0.0365. The summed E-state index contributed by atoms with van der Waals surface area (Å²) in [6.45, 7) is 5.87. The van der Waals surface area contributed by atoms with Gasteiger partial charge in [0.25, 0.3) is 11.1 Å². The second kappa shape index (κ2) is 8.62. The van der Waals surface area contributed by atoms with Crippen LogP contribution in [0.1, 0.15) is 43.2 Å². The number of rotatable bonds is 6. The molecule has 0 saturated heterocycles. The zero-order valence-corrected chi connectivity index (χ0v) is 18.7. The summed E-state index contributed by atoms with van der Waals surface area (Å²) >= 11 is 0. The van der Waals surface area contributed by atoms with E-state index in [1.165, 1.54) is 42.5 Å². The van der Waals surface area contributed by atoms with Crippen molar-refractivity contribution in [3.05, 3.63) is 41.7 Å². The van der Waals surface area contributed by atoms with Crippen molar-refractivity contribution in [1.29, 1.82) is 0 Å². The Balaban J connectivity index is 1.75. The molecule has 166 valence electrons. The summed E-state index contributed by atoms with van der Waals surface area (Å²) in [6, 6.07) is 5.91. The average molecular weight is 448 g/mol. The van der Waals surface area contributed by atoms with Gasteiger partial charge in [-0.15, -0.1) is 0 Å². The zero-order chi connectivity index (χ0) is 22.8. The van der Waals surface area contributed by atoms with Crippen LogP contribution in [0, 0.1) is 0 Å². The maximum absolute atomic E-state index is 12.8. The van der Waals surface area contributed by atoms with Gasteiger partial charge in [-0.25, -0.2) is 18.4 Å². The number of ether oxygens (including phenoxy) is 2. The van der Waals surface area contributed by atoms with Crippen molar-refractivity contribution in [3.8, 4) is 5.75 Å². The molecule has 0 fully saturated rings. The predicted molar refractivity (Wildman–Crippen MR) is 111 cm³/mol. The largest absolute Gasteiger partial charge is 0.497 e. The van der Waals surface area contributed by atoms with Crippen molar-refractivity contribution in [1.82, 2.24) is 14.9 Å². The van der Waals surface area contributed by atoms with Crippen LogP contribution in [-0.2, 0) is 25.8 Å². The molecule has 10 heteroatoms. The summed E-state index contributed by atoms with van der Waals surface area (Å²) in [5, 5.41) is -0.355. The van der Waals surface area contributed by atoms with Crippen molar-refractivity contribution >= 4 is 21.7 Å². The lowest BCUT2D eigenvalue weighted by Crippen LogP contribution is -2.40. The summed E-state index contributed by atoms with van der Waals surface area (Å²) in [5.41, 5.74) is 0.0274. The number of sulfone groups is 1. The Morgan fingerprint density at radius 3 is 2.48 bits per heavy atom. The van der Waals surface area contributed by atoms with E-state index in [0.717, 1.165) is 0 Å². The third kappa shape index (κ3) is 5.19. The van der Waals surface area contributed by atoms with Gasteiger partial charge >= 0.3 is 5.97 Å². The molecule has 2 heterocycles. The molecule has 3 rings (SSSR count). The van der Waals surface area contributed by atoms with Crippen LogP contribution >= 0.6 is 0 Å². The molecule has 1 aromatic carbocycles. The zero-order valence-electron chi connectivity index (χ0n) is 17.9. The molecule has 9 nitrogen and oxygen atoms in total. The van der Waals surface area contributed by atoms with E-state index >= 15 is 0 Å². The lowest BCUT2D eigenvalue weighted by molar-refractivity contribution is -0.155. The molecule has 31 heavy (non-hydrogen) atoms. The Morgan fingerprint density at radius 1 is 1.19 bits per heavy atom. The molecule has 0 radical (unpaired) electrons. The standard InChI is InChI=1S/C21H25N3O6S/c1-21(2,3)30-18(25)10-12-24-11-9-17-16(19(24)26)13-22-20(23-17)31(27,28)15-7-5-14(29-4)6-8-15/h5-8,13H,9-12H2,1-4H3. The first-order valence-electron chi connectivity index (χ1n) is 9.77. The van der Waals surface area contributed by atoms with Crippen LogP contribution in [-0.4, -0.2) is 61.0 Å². The van der Waals surface area contributed by atoms with Gasteiger partial charge in [0.05, 0.1) is 29.7 Å². The second-order valence-electron chi connectivity index (χ2n) is 8.07. The normalized spacial score (nSPS) is 14.2. The van der Waals surface area contributed by atoms with E-state index < -0.39 is 15.4 Å². The van der Waals surface area contributed by atoms with Crippen LogP contribution in [0.15, 0.2) is 40.5 Å². The van der Waals surface area contributed by atoms with E-state index in [1.807, 2.05) is 0 Å². The number of benzene rings is 1. The van der Waals surface area contributed by atoms with Gasteiger partial charge in [-0.2, -0.15) is 0 Å².